The number of aryl methyl sites for hydroxylation is 1. The van der Waals surface area contributed by atoms with Crippen LogP contribution in [0.1, 0.15) is 24.8 Å². The van der Waals surface area contributed by atoms with Crippen molar-refractivity contribution in [3.05, 3.63) is 30.0 Å². The summed E-state index contributed by atoms with van der Waals surface area (Å²) in [7, 11) is 1.92. The molecule has 1 aromatic carbocycles. The van der Waals surface area contributed by atoms with E-state index >= 15 is 0 Å². The number of isocyanates is 1. The van der Waals surface area contributed by atoms with Crippen LogP contribution in [0.25, 0.3) is 10.9 Å². The van der Waals surface area contributed by atoms with E-state index in [1.807, 2.05) is 36.1 Å². The van der Waals surface area contributed by atoms with E-state index in [9.17, 15) is 4.79 Å². The van der Waals surface area contributed by atoms with Gasteiger partial charge in [-0.25, -0.2) is 4.79 Å². The van der Waals surface area contributed by atoms with Crippen molar-refractivity contribution in [2.45, 2.75) is 24.8 Å². The monoisotopic (exact) mass is 227 g/mol. The highest BCUT2D eigenvalue weighted by molar-refractivity contribution is 5.83. The molecular formula is C13H13N3O. The molecular weight excluding hydrogens is 214 g/mol. The molecule has 0 radical (unpaired) electrons. The van der Waals surface area contributed by atoms with Crippen LogP contribution in [-0.2, 0) is 17.4 Å². The van der Waals surface area contributed by atoms with Gasteiger partial charge in [-0.1, -0.05) is 18.2 Å². The minimum atomic E-state index is -0.352. The average Bonchev–Trinajstić information content (AvgIpc) is 2.66. The first kappa shape index (κ1) is 10.2. The second-order valence-electron chi connectivity index (χ2n) is 4.60. The van der Waals surface area contributed by atoms with Crippen LogP contribution in [0.15, 0.2) is 29.4 Å². The van der Waals surface area contributed by atoms with E-state index in [0.29, 0.717) is 0 Å². The van der Waals surface area contributed by atoms with Gasteiger partial charge in [-0.15, -0.1) is 0 Å². The van der Waals surface area contributed by atoms with Crippen LogP contribution in [0.2, 0.25) is 0 Å². The van der Waals surface area contributed by atoms with Crippen LogP contribution in [0.3, 0.4) is 0 Å². The van der Waals surface area contributed by atoms with Gasteiger partial charge in [0.15, 0.2) is 0 Å². The molecule has 1 aliphatic carbocycles. The Morgan fingerprint density at radius 3 is 2.94 bits per heavy atom. The largest absolute Gasteiger partial charge is 0.268 e. The Morgan fingerprint density at radius 2 is 2.29 bits per heavy atom. The Labute approximate surface area is 99.0 Å². The van der Waals surface area contributed by atoms with Gasteiger partial charge in [0.2, 0.25) is 6.08 Å². The Morgan fingerprint density at radius 1 is 1.47 bits per heavy atom. The second kappa shape index (κ2) is 3.54. The molecule has 1 aromatic heterocycles. The van der Waals surface area contributed by atoms with E-state index in [-0.39, 0.29) is 5.54 Å². The van der Waals surface area contributed by atoms with E-state index in [2.05, 4.69) is 10.1 Å². The molecule has 86 valence electrons. The molecule has 0 bridgehead atoms. The summed E-state index contributed by atoms with van der Waals surface area (Å²) in [5.41, 5.74) is 1.82. The van der Waals surface area contributed by atoms with Crippen molar-refractivity contribution in [2.75, 3.05) is 0 Å². The third-order valence-corrected chi connectivity index (χ3v) is 3.70. The lowest BCUT2D eigenvalue weighted by atomic mass is 9.72. The van der Waals surface area contributed by atoms with Crippen molar-refractivity contribution in [3.8, 4) is 0 Å². The predicted octanol–water partition coefficient (Wildman–Crippen LogP) is 2.29. The van der Waals surface area contributed by atoms with Gasteiger partial charge in [0.05, 0.1) is 11.7 Å². The van der Waals surface area contributed by atoms with Crippen LogP contribution in [-0.4, -0.2) is 15.9 Å². The zero-order valence-corrected chi connectivity index (χ0v) is 9.68. The Bertz CT molecular complexity index is 619. The summed E-state index contributed by atoms with van der Waals surface area (Å²) in [5.74, 6) is 0. The van der Waals surface area contributed by atoms with Gasteiger partial charge in [-0.05, 0) is 19.3 Å². The Hall–Kier alpha value is -1.93. The molecule has 0 amide bonds. The van der Waals surface area contributed by atoms with E-state index in [0.717, 1.165) is 35.7 Å². The van der Waals surface area contributed by atoms with E-state index in [1.165, 1.54) is 0 Å². The summed E-state index contributed by atoms with van der Waals surface area (Å²) in [5, 5.41) is 5.36. The van der Waals surface area contributed by atoms with Crippen molar-refractivity contribution in [1.29, 1.82) is 0 Å². The number of hydrogen-bond donors (Lipinski definition) is 0. The van der Waals surface area contributed by atoms with Crippen molar-refractivity contribution in [2.24, 2.45) is 12.0 Å². The Balaban J connectivity index is 2.29. The van der Waals surface area contributed by atoms with Gasteiger partial charge in [-0.2, -0.15) is 10.1 Å². The van der Waals surface area contributed by atoms with Gasteiger partial charge in [0.25, 0.3) is 0 Å². The molecule has 4 heteroatoms. The van der Waals surface area contributed by atoms with Gasteiger partial charge < -0.3 is 0 Å². The fourth-order valence-corrected chi connectivity index (χ4v) is 2.65. The number of nitrogens with zero attached hydrogens (tertiary/aromatic N) is 3. The number of aromatic nitrogens is 2. The summed E-state index contributed by atoms with van der Waals surface area (Å²) in [6.45, 7) is 0. The molecule has 0 spiro atoms. The van der Waals surface area contributed by atoms with Gasteiger partial charge >= 0.3 is 0 Å². The smallest absolute Gasteiger partial charge is 0.235 e. The van der Waals surface area contributed by atoms with Crippen molar-refractivity contribution < 1.29 is 4.79 Å². The lowest BCUT2D eigenvalue weighted by Crippen LogP contribution is -2.32. The molecule has 17 heavy (non-hydrogen) atoms. The molecule has 0 aliphatic heterocycles. The number of fused-ring (bicyclic) bond motifs is 1. The second-order valence-corrected chi connectivity index (χ2v) is 4.60. The third-order valence-electron chi connectivity index (χ3n) is 3.70. The molecule has 3 rings (SSSR count). The number of rotatable bonds is 2. The molecule has 1 aliphatic rings. The Kier molecular flexibility index (Phi) is 2.13. The first-order valence-electron chi connectivity index (χ1n) is 5.77. The normalized spacial score (nSPS) is 17.5. The summed E-state index contributed by atoms with van der Waals surface area (Å²) in [6.07, 6.45) is 6.53. The molecule has 0 atom stereocenters. The van der Waals surface area contributed by atoms with Crippen LogP contribution in [0, 0.1) is 0 Å². The highest BCUT2D eigenvalue weighted by atomic mass is 16.1. The highest BCUT2D eigenvalue weighted by Gasteiger charge is 2.40. The molecule has 0 N–H and O–H groups in total. The van der Waals surface area contributed by atoms with Gasteiger partial charge in [0, 0.05) is 18.0 Å². The topological polar surface area (TPSA) is 47.2 Å². The van der Waals surface area contributed by atoms with Crippen LogP contribution >= 0.6 is 0 Å². The van der Waals surface area contributed by atoms with E-state index in [1.54, 1.807) is 6.08 Å². The van der Waals surface area contributed by atoms with Crippen LogP contribution in [0.5, 0.6) is 0 Å². The molecule has 2 aromatic rings. The minimum Gasteiger partial charge on any atom is -0.268 e. The van der Waals surface area contributed by atoms with Crippen LogP contribution in [0.4, 0.5) is 0 Å². The lowest BCUT2D eigenvalue weighted by Gasteiger charge is -2.37. The summed E-state index contributed by atoms with van der Waals surface area (Å²) in [6, 6.07) is 6.08. The fourth-order valence-electron chi connectivity index (χ4n) is 2.65. The summed E-state index contributed by atoms with van der Waals surface area (Å²) < 4.78 is 1.85. The summed E-state index contributed by atoms with van der Waals surface area (Å²) >= 11 is 0. The third kappa shape index (κ3) is 1.34. The van der Waals surface area contributed by atoms with Crippen molar-refractivity contribution in [1.82, 2.24) is 9.78 Å². The van der Waals surface area contributed by atoms with Gasteiger partial charge in [0.1, 0.15) is 5.54 Å². The molecule has 1 fully saturated rings. The van der Waals surface area contributed by atoms with E-state index in [4.69, 9.17) is 0 Å². The quantitative estimate of drug-likeness (QED) is 0.583. The number of carbonyl (C=O) groups excluding carboxylic acids is 1. The van der Waals surface area contributed by atoms with Crippen molar-refractivity contribution in [3.63, 3.8) is 0 Å². The molecule has 1 saturated carbocycles. The lowest BCUT2D eigenvalue weighted by molar-refractivity contribution is 0.257. The number of para-hydroxylation sites is 1. The minimum absolute atomic E-state index is 0.352. The maximum Gasteiger partial charge on any atom is 0.235 e. The van der Waals surface area contributed by atoms with Crippen LogP contribution < -0.4 is 0 Å². The predicted molar refractivity (Wildman–Crippen MR) is 64.4 cm³/mol. The first-order chi connectivity index (χ1) is 8.27. The van der Waals surface area contributed by atoms with E-state index < -0.39 is 0 Å². The number of hydrogen-bond acceptors (Lipinski definition) is 3. The van der Waals surface area contributed by atoms with Gasteiger partial charge in [-0.3, -0.25) is 4.68 Å². The highest BCUT2D eigenvalue weighted by Crippen LogP contribution is 2.46. The zero-order valence-electron chi connectivity index (χ0n) is 9.68. The fraction of sp³-hybridized carbons (Fsp3) is 0.385. The van der Waals surface area contributed by atoms with Crippen molar-refractivity contribution >= 4 is 17.0 Å². The zero-order chi connectivity index (χ0) is 11.9. The molecule has 0 unspecified atom stereocenters. The number of benzene rings is 1. The standard InChI is InChI=1S/C13H13N3O/c1-16-12-10(8-15-16)4-2-5-11(12)13(14-9-17)6-3-7-13/h2,4-5,8H,3,6-7H2,1H3. The maximum atomic E-state index is 10.6. The average molecular weight is 227 g/mol. The number of aliphatic imine (C=N–C) groups is 1. The molecule has 4 nitrogen and oxygen atoms in total. The first-order valence-corrected chi connectivity index (χ1v) is 5.77. The SMILES string of the molecule is Cn1ncc2cccc(C3(N=C=O)CCC3)c21. The maximum absolute atomic E-state index is 10.6. The molecule has 1 heterocycles. The summed E-state index contributed by atoms with van der Waals surface area (Å²) in [4.78, 5) is 14.7. The molecule has 0 saturated heterocycles.